The van der Waals surface area contributed by atoms with Crippen LogP contribution in [0.25, 0.3) is 0 Å². The minimum absolute atomic E-state index is 0.0815. The molecule has 0 fully saturated rings. The lowest BCUT2D eigenvalue weighted by Gasteiger charge is -2.12. The average molecular weight is 298 g/mol. The molecule has 108 valence electrons. The van der Waals surface area contributed by atoms with Gasteiger partial charge >= 0.3 is 0 Å². The van der Waals surface area contributed by atoms with Crippen LogP contribution in [0.3, 0.4) is 0 Å². The van der Waals surface area contributed by atoms with Crippen molar-refractivity contribution in [3.8, 4) is 0 Å². The minimum Gasteiger partial charge on any atom is -0.389 e. The van der Waals surface area contributed by atoms with Crippen LogP contribution in [0.5, 0.6) is 0 Å². The third-order valence-corrected chi connectivity index (χ3v) is 3.48. The topological polar surface area (TPSA) is 55.1 Å². The van der Waals surface area contributed by atoms with Gasteiger partial charge in [0.15, 0.2) is 0 Å². The highest BCUT2D eigenvalue weighted by atomic mass is 32.1. The van der Waals surface area contributed by atoms with E-state index < -0.39 is 0 Å². The van der Waals surface area contributed by atoms with Gasteiger partial charge in [-0.1, -0.05) is 54.2 Å². The second kappa shape index (κ2) is 6.50. The lowest BCUT2D eigenvalue weighted by molar-refractivity contribution is -0.115. The van der Waals surface area contributed by atoms with Crippen LogP contribution >= 0.6 is 12.2 Å². The van der Waals surface area contributed by atoms with E-state index in [0.717, 1.165) is 16.7 Å². The maximum Gasteiger partial charge on any atom is 0.228 e. The molecule has 0 spiro atoms. The van der Waals surface area contributed by atoms with Crippen molar-refractivity contribution in [3.05, 3.63) is 64.7 Å². The number of hydrogen-bond acceptors (Lipinski definition) is 2. The van der Waals surface area contributed by atoms with Gasteiger partial charge in [-0.25, -0.2) is 0 Å². The first kappa shape index (κ1) is 15.2. The highest BCUT2D eigenvalue weighted by Crippen LogP contribution is 2.19. The Balaban J connectivity index is 2.15. The molecule has 0 radical (unpaired) electrons. The van der Waals surface area contributed by atoms with Gasteiger partial charge in [-0.3, -0.25) is 4.79 Å². The van der Waals surface area contributed by atoms with Gasteiger partial charge in [-0.2, -0.15) is 0 Å². The van der Waals surface area contributed by atoms with E-state index in [-0.39, 0.29) is 5.91 Å². The molecule has 21 heavy (non-hydrogen) atoms. The van der Waals surface area contributed by atoms with Gasteiger partial charge in [-0.05, 0) is 31.0 Å². The van der Waals surface area contributed by atoms with E-state index >= 15 is 0 Å². The van der Waals surface area contributed by atoms with Crippen molar-refractivity contribution in [1.82, 2.24) is 0 Å². The highest BCUT2D eigenvalue weighted by molar-refractivity contribution is 7.80. The minimum atomic E-state index is -0.0815. The van der Waals surface area contributed by atoms with E-state index in [4.69, 9.17) is 18.0 Å². The summed E-state index contributed by atoms with van der Waals surface area (Å²) in [6, 6.07) is 13.5. The summed E-state index contributed by atoms with van der Waals surface area (Å²) in [5, 5.41) is 2.89. The second-order valence-corrected chi connectivity index (χ2v) is 5.51. The van der Waals surface area contributed by atoms with Gasteiger partial charge in [-0.15, -0.1) is 0 Å². The predicted molar refractivity (Wildman–Crippen MR) is 90.6 cm³/mol. The Kier molecular flexibility index (Phi) is 4.70. The summed E-state index contributed by atoms with van der Waals surface area (Å²) >= 11 is 5.06. The van der Waals surface area contributed by atoms with Gasteiger partial charge < -0.3 is 11.1 Å². The summed E-state index contributed by atoms with van der Waals surface area (Å²) < 4.78 is 0. The number of nitrogens with one attached hydrogen (secondary N) is 1. The summed E-state index contributed by atoms with van der Waals surface area (Å²) in [6.07, 6.45) is 0.324. The van der Waals surface area contributed by atoms with Crippen LogP contribution in [-0.2, 0) is 11.2 Å². The number of benzene rings is 2. The number of nitrogens with two attached hydrogens (primary N) is 1. The van der Waals surface area contributed by atoms with Crippen molar-refractivity contribution < 1.29 is 4.79 Å². The third kappa shape index (κ3) is 3.89. The standard InChI is InChI=1S/C17H18N2OS/c1-11-6-8-13(9-7-11)10-15(20)19-14-5-3-4-12(2)16(14)17(18)21/h3-9H,10H2,1-2H3,(H2,18,21)(H,19,20). The second-order valence-electron chi connectivity index (χ2n) is 5.07. The van der Waals surface area contributed by atoms with E-state index in [1.54, 1.807) is 0 Å². The van der Waals surface area contributed by atoms with Crippen molar-refractivity contribution in [2.24, 2.45) is 5.73 Å². The van der Waals surface area contributed by atoms with Crippen LogP contribution < -0.4 is 11.1 Å². The highest BCUT2D eigenvalue weighted by Gasteiger charge is 2.11. The zero-order chi connectivity index (χ0) is 15.4. The number of rotatable bonds is 4. The molecular formula is C17H18N2OS. The van der Waals surface area contributed by atoms with Crippen LogP contribution in [0.2, 0.25) is 0 Å². The SMILES string of the molecule is Cc1ccc(CC(=O)Nc2cccc(C)c2C(N)=S)cc1. The van der Waals surface area contributed by atoms with Gasteiger partial charge in [0.25, 0.3) is 0 Å². The molecule has 0 bridgehead atoms. The van der Waals surface area contributed by atoms with E-state index in [9.17, 15) is 4.79 Å². The van der Waals surface area contributed by atoms with E-state index in [1.807, 2.05) is 56.3 Å². The first-order valence-electron chi connectivity index (χ1n) is 6.72. The van der Waals surface area contributed by atoms with E-state index in [0.29, 0.717) is 17.1 Å². The molecule has 0 unspecified atom stereocenters. The Morgan fingerprint density at radius 3 is 2.43 bits per heavy atom. The van der Waals surface area contributed by atoms with Gasteiger partial charge in [0, 0.05) is 5.56 Å². The smallest absolute Gasteiger partial charge is 0.228 e. The fourth-order valence-corrected chi connectivity index (χ4v) is 2.46. The summed E-state index contributed by atoms with van der Waals surface area (Å²) in [5.41, 5.74) is 10.2. The van der Waals surface area contributed by atoms with Crippen molar-refractivity contribution in [1.29, 1.82) is 0 Å². The molecule has 0 aromatic heterocycles. The van der Waals surface area contributed by atoms with Crippen molar-refractivity contribution in [2.75, 3.05) is 5.32 Å². The fourth-order valence-electron chi connectivity index (χ4n) is 2.18. The van der Waals surface area contributed by atoms with Crippen LogP contribution in [0, 0.1) is 13.8 Å². The van der Waals surface area contributed by atoms with Crippen LogP contribution in [0.4, 0.5) is 5.69 Å². The zero-order valence-electron chi connectivity index (χ0n) is 12.1. The molecule has 1 amide bonds. The molecule has 2 aromatic rings. The molecule has 0 aliphatic heterocycles. The van der Waals surface area contributed by atoms with Gasteiger partial charge in [0.05, 0.1) is 12.1 Å². The number of anilines is 1. The molecule has 2 aromatic carbocycles. The lowest BCUT2D eigenvalue weighted by Crippen LogP contribution is -2.19. The summed E-state index contributed by atoms with van der Waals surface area (Å²) in [4.78, 5) is 12.4. The predicted octanol–water partition coefficient (Wildman–Crippen LogP) is 3.12. The Morgan fingerprint density at radius 2 is 1.81 bits per heavy atom. The van der Waals surface area contributed by atoms with Crippen LogP contribution in [-0.4, -0.2) is 10.9 Å². The third-order valence-electron chi connectivity index (χ3n) is 3.28. The first-order valence-corrected chi connectivity index (χ1v) is 7.13. The summed E-state index contributed by atoms with van der Waals surface area (Å²) in [6.45, 7) is 3.94. The molecule has 0 aliphatic carbocycles. The molecule has 4 heteroatoms. The number of amides is 1. The largest absolute Gasteiger partial charge is 0.389 e. The van der Waals surface area contributed by atoms with Crippen molar-refractivity contribution >= 4 is 28.8 Å². The fraction of sp³-hybridized carbons (Fsp3) is 0.176. The molecule has 3 N–H and O–H groups in total. The van der Waals surface area contributed by atoms with E-state index in [1.165, 1.54) is 5.56 Å². The number of thiocarbonyl (C=S) groups is 1. The number of aryl methyl sites for hydroxylation is 2. The Hall–Kier alpha value is -2.20. The maximum absolute atomic E-state index is 12.2. The van der Waals surface area contributed by atoms with Gasteiger partial charge in [0.1, 0.15) is 4.99 Å². The van der Waals surface area contributed by atoms with E-state index in [2.05, 4.69) is 5.32 Å². The molecule has 0 heterocycles. The Labute approximate surface area is 130 Å². The van der Waals surface area contributed by atoms with Crippen LogP contribution in [0.1, 0.15) is 22.3 Å². The molecule has 2 rings (SSSR count). The molecule has 0 saturated heterocycles. The molecule has 0 atom stereocenters. The van der Waals surface area contributed by atoms with Crippen LogP contribution in [0.15, 0.2) is 42.5 Å². The van der Waals surface area contributed by atoms with Crippen molar-refractivity contribution in [2.45, 2.75) is 20.3 Å². The average Bonchev–Trinajstić information content (AvgIpc) is 2.41. The monoisotopic (exact) mass is 298 g/mol. The Morgan fingerprint density at radius 1 is 1.14 bits per heavy atom. The first-order chi connectivity index (χ1) is 9.97. The zero-order valence-corrected chi connectivity index (χ0v) is 13.0. The quantitative estimate of drug-likeness (QED) is 0.853. The number of carbonyl (C=O) groups excluding carboxylic acids is 1. The molecule has 3 nitrogen and oxygen atoms in total. The summed E-state index contributed by atoms with van der Waals surface area (Å²) in [7, 11) is 0. The Bertz CT molecular complexity index is 678. The maximum atomic E-state index is 12.2. The number of carbonyl (C=O) groups is 1. The van der Waals surface area contributed by atoms with Gasteiger partial charge in [0.2, 0.25) is 5.91 Å². The number of hydrogen-bond donors (Lipinski definition) is 2. The summed E-state index contributed by atoms with van der Waals surface area (Å²) in [5.74, 6) is -0.0815. The molecule has 0 aliphatic rings. The molecular weight excluding hydrogens is 280 g/mol. The van der Waals surface area contributed by atoms with Crippen molar-refractivity contribution in [3.63, 3.8) is 0 Å². The lowest BCUT2D eigenvalue weighted by atomic mass is 10.1. The molecule has 0 saturated carbocycles. The normalized spacial score (nSPS) is 10.2.